The first kappa shape index (κ1) is 22.2. The third-order valence-corrected chi connectivity index (χ3v) is 6.51. The molecule has 5 rings (SSSR count). The Balaban J connectivity index is 1.31. The number of rotatable bonds is 7. The van der Waals surface area contributed by atoms with Crippen LogP contribution in [0.3, 0.4) is 0 Å². The van der Waals surface area contributed by atoms with E-state index < -0.39 is 0 Å². The maximum absolute atomic E-state index is 13.2. The Bertz CT molecular complexity index is 1180. The van der Waals surface area contributed by atoms with Crippen LogP contribution in [-0.2, 0) is 4.79 Å². The maximum Gasteiger partial charge on any atom is 0.259 e. The van der Waals surface area contributed by atoms with Crippen molar-refractivity contribution in [1.29, 1.82) is 0 Å². The third-order valence-electron chi connectivity index (χ3n) is 6.51. The highest BCUT2D eigenvalue weighted by atomic mass is 16.5. The molecule has 2 aliphatic rings. The highest BCUT2D eigenvalue weighted by Crippen LogP contribution is 2.28. The fraction of sp³-hybridized carbons (Fsp3) is 0.370. The van der Waals surface area contributed by atoms with Crippen molar-refractivity contribution in [3.63, 3.8) is 0 Å². The lowest BCUT2D eigenvalue weighted by atomic mass is 9.99. The summed E-state index contributed by atoms with van der Waals surface area (Å²) in [6.07, 6.45) is 6.06. The predicted octanol–water partition coefficient (Wildman–Crippen LogP) is 4.38. The summed E-state index contributed by atoms with van der Waals surface area (Å²) in [6.45, 7) is 4.17. The van der Waals surface area contributed by atoms with E-state index in [1.807, 2.05) is 42.5 Å². The highest BCUT2D eigenvalue weighted by molar-refractivity contribution is 6.08. The molecule has 2 fully saturated rings. The van der Waals surface area contributed by atoms with Gasteiger partial charge in [0.15, 0.2) is 6.61 Å². The zero-order chi connectivity index (χ0) is 23.5. The van der Waals surface area contributed by atoms with Gasteiger partial charge in [-0.1, -0.05) is 31.2 Å². The Labute approximate surface area is 199 Å². The summed E-state index contributed by atoms with van der Waals surface area (Å²) in [5.74, 6) is 1.60. The van der Waals surface area contributed by atoms with Crippen molar-refractivity contribution < 1.29 is 14.3 Å². The smallest absolute Gasteiger partial charge is 0.259 e. The molecule has 0 unspecified atom stereocenters. The third kappa shape index (κ3) is 5.30. The summed E-state index contributed by atoms with van der Waals surface area (Å²) in [5, 5.41) is 7.71. The minimum Gasteiger partial charge on any atom is -0.483 e. The van der Waals surface area contributed by atoms with Gasteiger partial charge in [0, 0.05) is 19.1 Å². The van der Waals surface area contributed by atoms with Crippen LogP contribution >= 0.6 is 0 Å². The molecular weight excluding hydrogens is 428 g/mol. The van der Waals surface area contributed by atoms with Crippen LogP contribution in [0.1, 0.15) is 43.0 Å². The van der Waals surface area contributed by atoms with Crippen molar-refractivity contribution in [3.8, 4) is 5.75 Å². The first-order chi connectivity index (χ1) is 16.5. The quantitative estimate of drug-likeness (QED) is 0.549. The number of pyridine rings is 1. The normalized spacial score (nSPS) is 16.3. The minimum atomic E-state index is -0.301. The summed E-state index contributed by atoms with van der Waals surface area (Å²) in [4.78, 5) is 32.2. The minimum absolute atomic E-state index is 0.125. The summed E-state index contributed by atoms with van der Waals surface area (Å²) >= 11 is 0. The van der Waals surface area contributed by atoms with Crippen molar-refractivity contribution in [2.75, 3.05) is 29.9 Å². The molecule has 2 amide bonds. The lowest BCUT2D eigenvalue weighted by Crippen LogP contribution is -2.33. The van der Waals surface area contributed by atoms with Crippen LogP contribution in [0.15, 0.2) is 54.7 Å². The second-order valence-electron chi connectivity index (χ2n) is 9.35. The lowest BCUT2D eigenvalue weighted by molar-refractivity contribution is -0.123. The van der Waals surface area contributed by atoms with Gasteiger partial charge in [0.05, 0.1) is 17.4 Å². The van der Waals surface area contributed by atoms with Crippen LogP contribution in [0.4, 0.5) is 11.5 Å². The van der Waals surface area contributed by atoms with E-state index in [0.717, 1.165) is 48.4 Å². The molecule has 2 N–H and O–H groups in total. The van der Waals surface area contributed by atoms with Gasteiger partial charge in [0.2, 0.25) is 0 Å². The molecule has 2 heterocycles. The van der Waals surface area contributed by atoms with E-state index in [4.69, 9.17) is 4.74 Å². The molecule has 0 bridgehead atoms. The number of benzene rings is 2. The molecule has 1 aliphatic carbocycles. The van der Waals surface area contributed by atoms with Gasteiger partial charge in [-0.05, 0) is 66.6 Å². The van der Waals surface area contributed by atoms with Crippen LogP contribution < -0.4 is 20.3 Å². The molecule has 0 radical (unpaired) electrons. The molecular formula is C27H30N4O3. The first-order valence-corrected chi connectivity index (χ1v) is 12.0. The molecule has 1 saturated carbocycles. The van der Waals surface area contributed by atoms with Crippen LogP contribution in [-0.4, -0.2) is 42.5 Å². The molecule has 0 spiro atoms. The second kappa shape index (κ2) is 9.71. The Morgan fingerprint density at radius 1 is 1.03 bits per heavy atom. The summed E-state index contributed by atoms with van der Waals surface area (Å²) in [5.41, 5.74) is 0.997. The molecule has 7 heteroatoms. The van der Waals surface area contributed by atoms with E-state index in [1.165, 1.54) is 12.8 Å². The van der Waals surface area contributed by atoms with Crippen LogP contribution in [0.5, 0.6) is 5.75 Å². The molecule has 176 valence electrons. The van der Waals surface area contributed by atoms with E-state index in [-0.39, 0.29) is 24.5 Å². The van der Waals surface area contributed by atoms with Crippen molar-refractivity contribution in [2.45, 2.75) is 38.6 Å². The molecule has 1 aliphatic heterocycles. The number of carbonyl (C=O) groups is 2. The van der Waals surface area contributed by atoms with E-state index in [9.17, 15) is 9.59 Å². The van der Waals surface area contributed by atoms with Gasteiger partial charge in [0.25, 0.3) is 11.8 Å². The lowest BCUT2D eigenvalue weighted by Gasteiger charge is -2.31. The van der Waals surface area contributed by atoms with Gasteiger partial charge in [-0.25, -0.2) is 4.98 Å². The summed E-state index contributed by atoms with van der Waals surface area (Å²) in [6, 6.07) is 15.5. The largest absolute Gasteiger partial charge is 0.483 e. The number of anilines is 2. The molecule has 2 aromatic carbocycles. The van der Waals surface area contributed by atoms with Gasteiger partial charge in [-0.15, -0.1) is 0 Å². The van der Waals surface area contributed by atoms with E-state index >= 15 is 0 Å². The molecule has 1 saturated heterocycles. The van der Waals surface area contributed by atoms with Gasteiger partial charge in [0.1, 0.15) is 11.6 Å². The maximum atomic E-state index is 13.2. The van der Waals surface area contributed by atoms with E-state index in [1.54, 1.807) is 12.3 Å². The number of piperidine rings is 1. The standard InChI is InChI=1S/C27H30N4O3/c1-18-10-12-31(13-11-18)25-9-8-22(16-28-25)30-27(33)23-14-19-4-2-3-5-20(19)15-24(23)34-17-26(32)29-21-6-7-21/h2-5,8-9,14-16,18,21H,6-7,10-13,17H2,1H3,(H,29,32)(H,30,33). The Kier molecular flexibility index (Phi) is 6.34. The van der Waals surface area contributed by atoms with Gasteiger partial charge < -0.3 is 20.3 Å². The zero-order valence-corrected chi connectivity index (χ0v) is 19.4. The molecule has 34 heavy (non-hydrogen) atoms. The average Bonchev–Trinajstić information content (AvgIpc) is 3.67. The number of fused-ring (bicyclic) bond motifs is 1. The van der Waals surface area contributed by atoms with Crippen LogP contribution in [0.2, 0.25) is 0 Å². The van der Waals surface area contributed by atoms with Crippen LogP contribution in [0.25, 0.3) is 10.8 Å². The Morgan fingerprint density at radius 2 is 1.76 bits per heavy atom. The van der Waals surface area contributed by atoms with Crippen molar-refractivity contribution in [3.05, 3.63) is 60.3 Å². The van der Waals surface area contributed by atoms with Gasteiger partial charge >= 0.3 is 0 Å². The summed E-state index contributed by atoms with van der Waals surface area (Å²) < 4.78 is 5.81. The Hall–Kier alpha value is -3.61. The van der Waals surface area contributed by atoms with Crippen molar-refractivity contribution >= 4 is 34.1 Å². The first-order valence-electron chi connectivity index (χ1n) is 12.0. The van der Waals surface area contributed by atoms with Gasteiger partial charge in [-0.2, -0.15) is 0 Å². The number of ether oxygens (including phenoxy) is 1. The van der Waals surface area contributed by atoms with E-state index in [2.05, 4.69) is 27.4 Å². The number of amides is 2. The highest BCUT2D eigenvalue weighted by Gasteiger charge is 2.24. The van der Waals surface area contributed by atoms with Gasteiger partial charge in [-0.3, -0.25) is 9.59 Å². The number of hydrogen-bond acceptors (Lipinski definition) is 5. The number of nitrogens with zero attached hydrogens (tertiary/aromatic N) is 2. The number of aromatic nitrogens is 1. The fourth-order valence-electron chi connectivity index (χ4n) is 4.24. The second-order valence-corrected chi connectivity index (χ2v) is 9.35. The zero-order valence-electron chi connectivity index (χ0n) is 19.4. The number of hydrogen-bond donors (Lipinski definition) is 2. The molecule has 1 aromatic heterocycles. The molecule has 3 aromatic rings. The number of carbonyl (C=O) groups excluding carboxylic acids is 2. The summed E-state index contributed by atoms with van der Waals surface area (Å²) in [7, 11) is 0. The predicted molar refractivity (Wildman–Crippen MR) is 133 cm³/mol. The SMILES string of the molecule is CC1CCN(c2ccc(NC(=O)c3cc4ccccc4cc3OCC(=O)NC3CC3)cn2)CC1. The van der Waals surface area contributed by atoms with Crippen molar-refractivity contribution in [1.82, 2.24) is 10.3 Å². The van der Waals surface area contributed by atoms with Crippen LogP contribution in [0, 0.1) is 5.92 Å². The van der Waals surface area contributed by atoms with Crippen molar-refractivity contribution in [2.24, 2.45) is 5.92 Å². The Morgan fingerprint density at radius 3 is 2.44 bits per heavy atom. The average molecular weight is 459 g/mol. The molecule has 7 nitrogen and oxygen atoms in total. The monoisotopic (exact) mass is 458 g/mol. The van der Waals surface area contributed by atoms with E-state index in [0.29, 0.717) is 17.0 Å². The molecule has 0 atom stereocenters. The topological polar surface area (TPSA) is 83.6 Å². The number of nitrogens with one attached hydrogen (secondary N) is 2. The fourth-order valence-corrected chi connectivity index (χ4v) is 4.24.